The Hall–Kier alpha value is -4.48. The summed E-state index contributed by atoms with van der Waals surface area (Å²) in [6.45, 7) is 6.77. The molecule has 1 N–H and O–H groups in total. The topological polar surface area (TPSA) is 103 Å². The number of amides is 1. The molecule has 3 atom stereocenters. The number of methoxy groups -OCH3 is 1. The van der Waals surface area contributed by atoms with Crippen molar-refractivity contribution >= 4 is 22.6 Å². The highest BCUT2D eigenvalue weighted by Crippen LogP contribution is 2.39. The van der Waals surface area contributed by atoms with Gasteiger partial charge in [-0.05, 0) is 56.7 Å². The summed E-state index contributed by atoms with van der Waals surface area (Å²) < 4.78 is 5.89. The number of piperazine rings is 1. The van der Waals surface area contributed by atoms with Crippen LogP contribution in [0, 0.1) is 11.3 Å². The molecule has 198 valence electrons. The van der Waals surface area contributed by atoms with Crippen LogP contribution in [0.25, 0.3) is 33.2 Å². The molecule has 8 heteroatoms. The molecule has 1 saturated heterocycles. The molecule has 5 rings (SSSR count). The number of aromatic nitrogens is 2. The van der Waals surface area contributed by atoms with E-state index in [9.17, 15) is 9.90 Å². The molecule has 1 unspecified atom stereocenters. The maximum absolute atomic E-state index is 12.5. The van der Waals surface area contributed by atoms with Gasteiger partial charge in [0.05, 0.1) is 24.3 Å². The number of hydrogen-bond donors (Lipinski definition) is 1. The summed E-state index contributed by atoms with van der Waals surface area (Å²) in [5, 5.41) is 19.8. The van der Waals surface area contributed by atoms with Crippen LogP contribution in [0.4, 0.5) is 5.82 Å². The molecule has 2 aromatic heterocycles. The van der Waals surface area contributed by atoms with Crippen molar-refractivity contribution in [2.45, 2.75) is 39.0 Å². The van der Waals surface area contributed by atoms with E-state index < -0.39 is 6.10 Å². The average Bonchev–Trinajstić information content (AvgIpc) is 2.95. The quantitative estimate of drug-likeness (QED) is 0.408. The first-order valence-electron chi connectivity index (χ1n) is 13.0. The number of ether oxygens (including phenoxy) is 1. The maximum atomic E-state index is 12.5. The third-order valence-electron chi connectivity index (χ3n) is 7.29. The Morgan fingerprint density at radius 2 is 1.69 bits per heavy atom. The number of para-hydroxylation sites is 1. The minimum atomic E-state index is -1.01. The van der Waals surface area contributed by atoms with Crippen molar-refractivity contribution in [3.63, 3.8) is 0 Å². The number of nitrogens with zero attached hydrogens (tertiary/aromatic N) is 5. The molecule has 3 heterocycles. The van der Waals surface area contributed by atoms with Crippen molar-refractivity contribution in [1.82, 2.24) is 14.9 Å². The van der Waals surface area contributed by atoms with Crippen LogP contribution in [0.15, 0.2) is 67.0 Å². The summed E-state index contributed by atoms with van der Waals surface area (Å²) in [5.41, 5.74) is 5.10. The van der Waals surface area contributed by atoms with E-state index in [-0.39, 0.29) is 18.0 Å². The number of fused-ring (bicyclic) bond motifs is 1. The van der Waals surface area contributed by atoms with Crippen LogP contribution in [0.2, 0.25) is 0 Å². The first-order valence-corrected chi connectivity index (χ1v) is 13.0. The van der Waals surface area contributed by atoms with Gasteiger partial charge in [0.1, 0.15) is 17.7 Å². The molecular formula is C31H31N5O3. The molecule has 0 spiro atoms. The zero-order chi connectivity index (χ0) is 27.7. The standard InChI is InChI=1S/C31H31N5O3/c1-19-17-35(18-20(2)36(19)31(38)21(3)37)28-13-12-24(15-33-28)27-16-34-29-25(6-5-7-26(29)30(27)39-4)23-10-8-22(14-32)9-11-23/h5-13,15-16,19-21,37H,17-18H2,1-4H3/t19-,20+,21?. The molecule has 1 amide bonds. The van der Waals surface area contributed by atoms with Gasteiger partial charge in [0.25, 0.3) is 5.91 Å². The zero-order valence-corrected chi connectivity index (χ0v) is 22.5. The Morgan fingerprint density at radius 1 is 1.00 bits per heavy atom. The number of hydrogen-bond acceptors (Lipinski definition) is 7. The summed E-state index contributed by atoms with van der Waals surface area (Å²) in [5.74, 6) is 1.31. The molecule has 1 fully saturated rings. The van der Waals surface area contributed by atoms with Gasteiger partial charge in [-0.1, -0.05) is 24.3 Å². The molecule has 39 heavy (non-hydrogen) atoms. The molecule has 0 bridgehead atoms. The van der Waals surface area contributed by atoms with E-state index in [0.29, 0.717) is 18.7 Å². The van der Waals surface area contributed by atoms with Crippen LogP contribution in [0.1, 0.15) is 26.3 Å². The minimum absolute atomic E-state index is 0.0487. The fourth-order valence-electron chi connectivity index (χ4n) is 5.47. The van der Waals surface area contributed by atoms with E-state index in [1.807, 2.05) is 68.7 Å². The number of benzene rings is 2. The second kappa shape index (κ2) is 10.7. The van der Waals surface area contributed by atoms with Gasteiger partial charge in [-0.3, -0.25) is 9.78 Å². The predicted octanol–water partition coefficient (Wildman–Crippen LogP) is 4.65. The van der Waals surface area contributed by atoms with Gasteiger partial charge in [0.15, 0.2) is 0 Å². The lowest BCUT2D eigenvalue weighted by atomic mass is 9.98. The fourth-order valence-corrected chi connectivity index (χ4v) is 5.47. The van der Waals surface area contributed by atoms with Crippen molar-refractivity contribution < 1.29 is 14.6 Å². The Bertz CT molecular complexity index is 1530. The monoisotopic (exact) mass is 521 g/mol. The van der Waals surface area contributed by atoms with Crippen molar-refractivity contribution in [3.05, 3.63) is 72.6 Å². The molecule has 2 aromatic carbocycles. The Balaban J connectivity index is 1.44. The SMILES string of the molecule is COc1c(-c2ccc(N3C[C@@H](C)N(C(=O)C(C)O)[C@@H](C)C3)nc2)cnc2c(-c3ccc(C#N)cc3)cccc12. The van der Waals surface area contributed by atoms with Gasteiger partial charge < -0.3 is 19.6 Å². The van der Waals surface area contributed by atoms with Crippen molar-refractivity contribution in [2.75, 3.05) is 25.1 Å². The number of aliphatic hydroxyl groups is 1. The highest BCUT2D eigenvalue weighted by Gasteiger charge is 2.34. The van der Waals surface area contributed by atoms with Crippen LogP contribution in [-0.2, 0) is 4.79 Å². The number of nitriles is 1. The second-order valence-electron chi connectivity index (χ2n) is 10.0. The van der Waals surface area contributed by atoms with E-state index in [1.54, 1.807) is 24.1 Å². The van der Waals surface area contributed by atoms with Crippen LogP contribution in [0.3, 0.4) is 0 Å². The van der Waals surface area contributed by atoms with E-state index in [0.717, 1.165) is 44.7 Å². The summed E-state index contributed by atoms with van der Waals surface area (Å²) in [6, 6.07) is 19.5. The molecule has 8 nitrogen and oxygen atoms in total. The van der Waals surface area contributed by atoms with E-state index in [4.69, 9.17) is 20.0 Å². The van der Waals surface area contributed by atoms with Crippen molar-refractivity contribution in [2.24, 2.45) is 0 Å². The first kappa shape index (κ1) is 26.1. The van der Waals surface area contributed by atoms with Gasteiger partial charge >= 0.3 is 0 Å². The van der Waals surface area contributed by atoms with E-state index >= 15 is 0 Å². The predicted molar refractivity (Wildman–Crippen MR) is 151 cm³/mol. The molecule has 1 aliphatic rings. The fraction of sp³-hybridized carbons (Fsp3) is 0.290. The number of rotatable bonds is 5. The average molecular weight is 522 g/mol. The minimum Gasteiger partial charge on any atom is -0.495 e. The van der Waals surface area contributed by atoms with Crippen LogP contribution < -0.4 is 9.64 Å². The Morgan fingerprint density at radius 3 is 2.28 bits per heavy atom. The highest BCUT2D eigenvalue weighted by atomic mass is 16.5. The summed E-state index contributed by atoms with van der Waals surface area (Å²) >= 11 is 0. The van der Waals surface area contributed by atoms with Gasteiger partial charge in [0.2, 0.25) is 0 Å². The number of aliphatic hydroxyl groups excluding tert-OH is 1. The molecule has 0 saturated carbocycles. The lowest BCUT2D eigenvalue weighted by Crippen LogP contribution is -2.60. The molecule has 1 aliphatic heterocycles. The van der Waals surface area contributed by atoms with Crippen molar-refractivity contribution in [3.8, 4) is 34.1 Å². The van der Waals surface area contributed by atoms with Crippen LogP contribution in [-0.4, -0.2) is 64.3 Å². The molecule has 0 radical (unpaired) electrons. The largest absolute Gasteiger partial charge is 0.495 e. The smallest absolute Gasteiger partial charge is 0.251 e. The first-order chi connectivity index (χ1) is 18.8. The maximum Gasteiger partial charge on any atom is 0.251 e. The number of carbonyl (C=O) groups excluding carboxylic acids is 1. The van der Waals surface area contributed by atoms with Crippen molar-refractivity contribution in [1.29, 1.82) is 5.26 Å². The van der Waals surface area contributed by atoms with Crippen LogP contribution >= 0.6 is 0 Å². The molecular weight excluding hydrogens is 490 g/mol. The highest BCUT2D eigenvalue weighted by molar-refractivity contribution is 6.00. The Labute approximate surface area is 228 Å². The van der Waals surface area contributed by atoms with Gasteiger partial charge in [-0.2, -0.15) is 5.26 Å². The summed E-state index contributed by atoms with van der Waals surface area (Å²) in [7, 11) is 1.66. The molecule has 0 aliphatic carbocycles. The molecule has 4 aromatic rings. The third kappa shape index (κ3) is 4.89. The third-order valence-corrected chi connectivity index (χ3v) is 7.29. The van der Waals surface area contributed by atoms with E-state index in [1.165, 1.54) is 6.92 Å². The number of anilines is 1. The summed E-state index contributed by atoms with van der Waals surface area (Å²) in [6.07, 6.45) is 2.63. The van der Waals surface area contributed by atoms with Crippen LogP contribution in [0.5, 0.6) is 5.75 Å². The lowest BCUT2D eigenvalue weighted by Gasteiger charge is -2.45. The van der Waals surface area contributed by atoms with Gasteiger partial charge in [-0.25, -0.2) is 4.98 Å². The lowest BCUT2D eigenvalue weighted by molar-refractivity contribution is -0.144. The second-order valence-corrected chi connectivity index (χ2v) is 10.0. The number of pyridine rings is 2. The summed E-state index contributed by atoms with van der Waals surface area (Å²) in [4.78, 5) is 26.0. The normalized spacial score (nSPS) is 18.1. The number of carbonyl (C=O) groups is 1. The van der Waals surface area contributed by atoms with E-state index in [2.05, 4.69) is 11.0 Å². The van der Waals surface area contributed by atoms with Gasteiger partial charge in [-0.15, -0.1) is 0 Å². The van der Waals surface area contributed by atoms with Gasteiger partial charge in [0, 0.05) is 59.6 Å². The zero-order valence-electron chi connectivity index (χ0n) is 22.5. The Kier molecular flexibility index (Phi) is 7.18.